The molecule has 0 fully saturated rings. The lowest BCUT2D eigenvalue weighted by Crippen LogP contribution is -2.10. The van der Waals surface area contributed by atoms with Crippen molar-refractivity contribution in [1.29, 1.82) is 0 Å². The van der Waals surface area contributed by atoms with Crippen LogP contribution in [-0.4, -0.2) is 20.7 Å². The van der Waals surface area contributed by atoms with E-state index in [1.807, 2.05) is 12.1 Å². The number of nitrogens with zero attached hydrogens (tertiary/aromatic N) is 3. The zero-order valence-electron chi connectivity index (χ0n) is 12.7. The van der Waals surface area contributed by atoms with Crippen LogP contribution in [-0.2, 0) is 11.8 Å². The molecular formula is C17H15FN4O. The molecule has 1 amide bonds. The van der Waals surface area contributed by atoms with Gasteiger partial charge in [-0.25, -0.2) is 4.39 Å². The van der Waals surface area contributed by atoms with Gasteiger partial charge in [0.25, 0.3) is 0 Å². The van der Waals surface area contributed by atoms with E-state index in [1.54, 1.807) is 36.3 Å². The molecule has 2 heterocycles. The van der Waals surface area contributed by atoms with Crippen molar-refractivity contribution in [3.8, 4) is 22.4 Å². The summed E-state index contributed by atoms with van der Waals surface area (Å²) in [4.78, 5) is 15.5. The number of pyridine rings is 1. The number of hydrogen-bond acceptors (Lipinski definition) is 3. The largest absolute Gasteiger partial charge is 0.311 e. The molecule has 2 aromatic heterocycles. The molecule has 0 spiro atoms. The Labute approximate surface area is 132 Å². The molecule has 116 valence electrons. The average Bonchev–Trinajstić information content (AvgIpc) is 2.85. The fourth-order valence-electron chi connectivity index (χ4n) is 2.44. The maximum absolute atomic E-state index is 13.2. The molecule has 6 heteroatoms. The quantitative estimate of drug-likeness (QED) is 0.808. The number of amides is 1. The third kappa shape index (κ3) is 2.96. The number of hydrogen-bond donors (Lipinski definition) is 1. The molecular weight excluding hydrogens is 295 g/mol. The standard InChI is InChI=1S/C17H15FN4O/c1-11(23)20-17-15(12-7-9-19-10-8-12)16(21-22(17)2)13-3-5-14(18)6-4-13/h3-10H,1-2H3,(H,20,23). The lowest BCUT2D eigenvalue weighted by Gasteiger charge is -2.08. The highest BCUT2D eigenvalue weighted by atomic mass is 19.1. The van der Waals surface area contributed by atoms with Gasteiger partial charge in [-0.2, -0.15) is 5.10 Å². The number of anilines is 1. The van der Waals surface area contributed by atoms with Gasteiger partial charge in [-0.05, 0) is 42.0 Å². The van der Waals surface area contributed by atoms with Crippen LogP contribution in [0.15, 0.2) is 48.8 Å². The van der Waals surface area contributed by atoms with Crippen molar-refractivity contribution in [1.82, 2.24) is 14.8 Å². The fraction of sp³-hybridized carbons (Fsp3) is 0.118. The van der Waals surface area contributed by atoms with Crippen LogP contribution in [0.3, 0.4) is 0 Å². The molecule has 3 rings (SSSR count). The monoisotopic (exact) mass is 310 g/mol. The number of halogens is 1. The van der Waals surface area contributed by atoms with Gasteiger partial charge in [0.05, 0.1) is 5.56 Å². The van der Waals surface area contributed by atoms with Gasteiger partial charge in [0, 0.05) is 31.9 Å². The Morgan fingerprint density at radius 2 is 1.74 bits per heavy atom. The summed E-state index contributed by atoms with van der Waals surface area (Å²) >= 11 is 0. The van der Waals surface area contributed by atoms with Gasteiger partial charge in [-0.1, -0.05) is 0 Å². The van der Waals surface area contributed by atoms with E-state index in [0.29, 0.717) is 11.5 Å². The first kappa shape index (κ1) is 14.9. The third-order valence-electron chi connectivity index (χ3n) is 3.43. The molecule has 0 unspecified atom stereocenters. The van der Waals surface area contributed by atoms with Crippen LogP contribution in [0.1, 0.15) is 6.92 Å². The van der Waals surface area contributed by atoms with E-state index < -0.39 is 0 Å². The minimum absolute atomic E-state index is 0.186. The molecule has 1 N–H and O–H groups in total. The normalized spacial score (nSPS) is 10.6. The summed E-state index contributed by atoms with van der Waals surface area (Å²) in [6.45, 7) is 1.45. The molecule has 0 saturated carbocycles. The zero-order valence-corrected chi connectivity index (χ0v) is 12.7. The van der Waals surface area contributed by atoms with Gasteiger partial charge in [-0.15, -0.1) is 0 Å². The maximum atomic E-state index is 13.2. The third-order valence-corrected chi connectivity index (χ3v) is 3.43. The average molecular weight is 310 g/mol. The number of aryl methyl sites for hydroxylation is 1. The van der Waals surface area contributed by atoms with Gasteiger partial charge in [0.2, 0.25) is 5.91 Å². The van der Waals surface area contributed by atoms with E-state index >= 15 is 0 Å². The SMILES string of the molecule is CC(=O)Nc1c(-c2ccncc2)c(-c2ccc(F)cc2)nn1C. The van der Waals surface area contributed by atoms with Gasteiger partial charge in [0.1, 0.15) is 17.3 Å². The fourth-order valence-corrected chi connectivity index (χ4v) is 2.44. The van der Waals surface area contributed by atoms with Gasteiger partial charge in [0.15, 0.2) is 0 Å². The highest BCUT2D eigenvalue weighted by Gasteiger charge is 2.20. The van der Waals surface area contributed by atoms with Crippen LogP contribution < -0.4 is 5.32 Å². The maximum Gasteiger partial charge on any atom is 0.222 e. The summed E-state index contributed by atoms with van der Waals surface area (Å²) < 4.78 is 14.8. The van der Waals surface area contributed by atoms with E-state index in [4.69, 9.17) is 0 Å². The second-order valence-electron chi connectivity index (χ2n) is 5.12. The number of aromatic nitrogens is 3. The lowest BCUT2D eigenvalue weighted by molar-refractivity contribution is -0.114. The molecule has 0 radical (unpaired) electrons. The predicted molar refractivity (Wildman–Crippen MR) is 86.1 cm³/mol. The van der Waals surface area contributed by atoms with Crippen LogP contribution in [0.5, 0.6) is 0 Å². The van der Waals surface area contributed by atoms with Crippen molar-refractivity contribution in [3.63, 3.8) is 0 Å². The Bertz CT molecular complexity index is 841. The lowest BCUT2D eigenvalue weighted by atomic mass is 10.0. The Morgan fingerprint density at radius 1 is 1.09 bits per heavy atom. The van der Waals surface area contributed by atoms with Crippen LogP contribution in [0.2, 0.25) is 0 Å². The van der Waals surface area contributed by atoms with Crippen molar-refractivity contribution in [2.45, 2.75) is 6.92 Å². The molecule has 0 aliphatic rings. The number of benzene rings is 1. The van der Waals surface area contributed by atoms with Crippen LogP contribution >= 0.6 is 0 Å². The predicted octanol–water partition coefficient (Wildman–Crippen LogP) is 3.25. The second kappa shape index (κ2) is 6.00. The number of nitrogens with one attached hydrogen (secondary N) is 1. The highest BCUT2D eigenvalue weighted by molar-refractivity contribution is 5.97. The highest BCUT2D eigenvalue weighted by Crippen LogP contribution is 2.37. The minimum Gasteiger partial charge on any atom is -0.311 e. The topological polar surface area (TPSA) is 59.8 Å². The van der Waals surface area contributed by atoms with Crippen LogP contribution in [0.25, 0.3) is 22.4 Å². The molecule has 0 atom stereocenters. The number of carbonyl (C=O) groups is 1. The van der Waals surface area contributed by atoms with E-state index in [-0.39, 0.29) is 11.7 Å². The van der Waals surface area contributed by atoms with Crippen molar-refractivity contribution >= 4 is 11.7 Å². The molecule has 0 saturated heterocycles. The first-order valence-electron chi connectivity index (χ1n) is 7.07. The summed E-state index contributed by atoms with van der Waals surface area (Å²) in [5.41, 5.74) is 3.08. The Balaban J connectivity index is 2.23. The van der Waals surface area contributed by atoms with Crippen molar-refractivity contribution in [2.75, 3.05) is 5.32 Å². The van der Waals surface area contributed by atoms with E-state index in [2.05, 4.69) is 15.4 Å². The molecule has 0 aliphatic heterocycles. The summed E-state index contributed by atoms with van der Waals surface area (Å²) in [5.74, 6) is 0.0919. The summed E-state index contributed by atoms with van der Waals surface area (Å²) in [5, 5.41) is 7.31. The molecule has 0 bridgehead atoms. The van der Waals surface area contributed by atoms with E-state index in [1.165, 1.54) is 19.1 Å². The molecule has 1 aromatic carbocycles. The van der Waals surface area contributed by atoms with Crippen molar-refractivity contribution in [2.24, 2.45) is 7.05 Å². The Hall–Kier alpha value is -3.02. The van der Waals surface area contributed by atoms with E-state index in [0.717, 1.165) is 16.7 Å². The smallest absolute Gasteiger partial charge is 0.222 e. The Morgan fingerprint density at radius 3 is 2.35 bits per heavy atom. The molecule has 3 aromatic rings. The first-order chi connectivity index (χ1) is 11.1. The number of carbonyl (C=O) groups excluding carboxylic acids is 1. The van der Waals surface area contributed by atoms with Crippen molar-refractivity contribution in [3.05, 3.63) is 54.6 Å². The summed E-state index contributed by atoms with van der Waals surface area (Å²) in [6.07, 6.45) is 3.35. The van der Waals surface area contributed by atoms with Gasteiger partial charge >= 0.3 is 0 Å². The van der Waals surface area contributed by atoms with Crippen LogP contribution in [0.4, 0.5) is 10.2 Å². The summed E-state index contributed by atoms with van der Waals surface area (Å²) in [7, 11) is 1.75. The zero-order chi connectivity index (χ0) is 16.4. The second-order valence-corrected chi connectivity index (χ2v) is 5.12. The van der Waals surface area contributed by atoms with Gasteiger partial charge in [-0.3, -0.25) is 14.5 Å². The van der Waals surface area contributed by atoms with E-state index in [9.17, 15) is 9.18 Å². The number of rotatable bonds is 3. The molecule has 23 heavy (non-hydrogen) atoms. The minimum atomic E-state index is -0.308. The molecule has 5 nitrogen and oxygen atoms in total. The Kier molecular flexibility index (Phi) is 3.89. The summed E-state index contributed by atoms with van der Waals surface area (Å²) in [6, 6.07) is 9.79. The molecule has 0 aliphatic carbocycles. The van der Waals surface area contributed by atoms with Gasteiger partial charge < -0.3 is 5.32 Å². The first-order valence-corrected chi connectivity index (χ1v) is 7.07. The van der Waals surface area contributed by atoms with Crippen LogP contribution in [0, 0.1) is 5.82 Å². The van der Waals surface area contributed by atoms with Crippen molar-refractivity contribution < 1.29 is 9.18 Å².